The minimum absolute atomic E-state index is 0.0146. The lowest BCUT2D eigenvalue weighted by atomic mass is 9.70. The van der Waals surface area contributed by atoms with Crippen LogP contribution in [0.2, 0.25) is 0 Å². The quantitative estimate of drug-likeness (QED) is 0.725. The molecular formula is C15H24O5. The van der Waals surface area contributed by atoms with E-state index in [-0.39, 0.29) is 41.9 Å². The van der Waals surface area contributed by atoms with Crippen LogP contribution in [0.3, 0.4) is 0 Å². The van der Waals surface area contributed by atoms with Crippen LogP contribution in [-0.2, 0) is 23.8 Å². The summed E-state index contributed by atoms with van der Waals surface area (Å²) in [6.07, 6.45) is 0.210. The number of cyclic esters (lactones) is 1. The Balaban J connectivity index is 2.21. The van der Waals surface area contributed by atoms with Gasteiger partial charge in [-0.3, -0.25) is 9.59 Å². The summed E-state index contributed by atoms with van der Waals surface area (Å²) in [5, 5.41) is 0. The van der Waals surface area contributed by atoms with Gasteiger partial charge in [0, 0.05) is 5.92 Å². The second-order valence-electron chi connectivity index (χ2n) is 6.32. The molecule has 114 valence electrons. The Morgan fingerprint density at radius 1 is 1.40 bits per heavy atom. The monoisotopic (exact) mass is 284 g/mol. The number of carbonyl (C=O) groups excluding carboxylic acids is 2. The average molecular weight is 284 g/mol. The highest BCUT2D eigenvalue weighted by atomic mass is 16.6. The summed E-state index contributed by atoms with van der Waals surface area (Å²) in [5.41, 5.74) is -0.612. The number of hydrogen-bond acceptors (Lipinski definition) is 5. The van der Waals surface area contributed by atoms with E-state index >= 15 is 0 Å². The van der Waals surface area contributed by atoms with Gasteiger partial charge < -0.3 is 14.2 Å². The van der Waals surface area contributed by atoms with Gasteiger partial charge in [0.25, 0.3) is 0 Å². The molecular weight excluding hydrogens is 260 g/mol. The minimum atomic E-state index is -0.612. The Kier molecular flexibility index (Phi) is 4.09. The van der Waals surface area contributed by atoms with E-state index < -0.39 is 5.60 Å². The Morgan fingerprint density at radius 2 is 2.05 bits per heavy atom. The molecule has 20 heavy (non-hydrogen) atoms. The molecule has 2 rings (SSSR count). The summed E-state index contributed by atoms with van der Waals surface area (Å²) in [6, 6.07) is 0. The molecule has 0 aliphatic carbocycles. The van der Waals surface area contributed by atoms with Crippen molar-refractivity contribution in [3.63, 3.8) is 0 Å². The van der Waals surface area contributed by atoms with Crippen LogP contribution in [0.25, 0.3) is 0 Å². The first-order chi connectivity index (χ1) is 9.27. The van der Waals surface area contributed by atoms with Gasteiger partial charge in [-0.2, -0.15) is 0 Å². The van der Waals surface area contributed by atoms with Gasteiger partial charge in [-0.1, -0.05) is 0 Å². The highest BCUT2D eigenvalue weighted by Gasteiger charge is 2.54. The molecule has 0 aromatic carbocycles. The first-order valence-corrected chi connectivity index (χ1v) is 7.33. The topological polar surface area (TPSA) is 61.8 Å². The van der Waals surface area contributed by atoms with Crippen LogP contribution in [0, 0.1) is 17.8 Å². The summed E-state index contributed by atoms with van der Waals surface area (Å²) in [6.45, 7) is 9.63. The fourth-order valence-electron chi connectivity index (χ4n) is 3.28. The summed E-state index contributed by atoms with van der Waals surface area (Å²) in [4.78, 5) is 23.9. The Hall–Kier alpha value is -1.10. The van der Waals surface area contributed by atoms with Gasteiger partial charge >= 0.3 is 11.9 Å². The van der Waals surface area contributed by atoms with E-state index in [2.05, 4.69) is 0 Å². The number of carbonyl (C=O) groups is 2. The zero-order chi connectivity index (χ0) is 15.1. The molecule has 2 aliphatic heterocycles. The standard InChI is InChI=1S/C15H24O5/c1-6-18-14(17)10-7-11-12(19-9(10)3)8(2)13(16)20-15(11,4)5/h8-12H,6-7H2,1-5H3/t8-,9+,10+,11+,12-/m1/s1. The predicted molar refractivity (Wildman–Crippen MR) is 71.9 cm³/mol. The van der Waals surface area contributed by atoms with Crippen LogP contribution >= 0.6 is 0 Å². The SMILES string of the molecule is CCOC(=O)[C@H]1C[C@H]2[C@H](O[C@H]1C)[C@@H](C)C(=O)OC2(C)C. The van der Waals surface area contributed by atoms with Gasteiger partial charge in [-0.25, -0.2) is 0 Å². The van der Waals surface area contributed by atoms with Crippen molar-refractivity contribution in [2.45, 2.75) is 58.8 Å². The van der Waals surface area contributed by atoms with Crippen molar-refractivity contribution in [2.75, 3.05) is 6.61 Å². The molecule has 5 nitrogen and oxygen atoms in total. The Bertz CT molecular complexity index is 403. The van der Waals surface area contributed by atoms with Crippen molar-refractivity contribution in [1.29, 1.82) is 0 Å². The Labute approximate surface area is 120 Å². The third-order valence-electron chi connectivity index (χ3n) is 4.55. The van der Waals surface area contributed by atoms with Gasteiger partial charge in [-0.15, -0.1) is 0 Å². The number of ether oxygens (including phenoxy) is 3. The zero-order valence-corrected chi connectivity index (χ0v) is 12.8. The van der Waals surface area contributed by atoms with Gasteiger partial charge in [0.2, 0.25) is 0 Å². The molecule has 2 saturated heterocycles. The normalized spacial score (nSPS) is 39.6. The molecule has 0 N–H and O–H groups in total. The van der Waals surface area contributed by atoms with Crippen molar-refractivity contribution in [3.05, 3.63) is 0 Å². The average Bonchev–Trinajstić information content (AvgIpc) is 2.35. The van der Waals surface area contributed by atoms with Crippen LogP contribution in [0.15, 0.2) is 0 Å². The number of hydrogen-bond donors (Lipinski definition) is 0. The van der Waals surface area contributed by atoms with Gasteiger partial charge in [-0.05, 0) is 41.0 Å². The molecule has 0 aromatic rings. The largest absolute Gasteiger partial charge is 0.466 e. The van der Waals surface area contributed by atoms with Gasteiger partial charge in [0.15, 0.2) is 0 Å². The second kappa shape index (κ2) is 5.35. The highest BCUT2D eigenvalue weighted by Crippen LogP contribution is 2.44. The molecule has 5 heteroatoms. The third-order valence-corrected chi connectivity index (χ3v) is 4.55. The van der Waals surface area contributed by atoms with Crippen LogP contribution < -0.4 is 0 Å². The van der Waals surface area contributed by atoms with Crippen molar-refractivity contribution in [3.8, 4) is 0 Å². The third kappa shape index (κ3) is 2.55. The fraction of sp³-hybridized carbons (Fsp3) is 0.867. The van der Waals surface area contributed by atoms with Crippen molar-refractivity contribution >= 4 is 11.9 Å². The lowest BCUT2D eigenvalue weighted by Gasteiger charge is -2.50. The molecule has 0 spiro atoms. The van der Waals surface area contributed by atoms with Crippen LogP contribution in [0.5, 0.6) is 0 Å². The fourth-order valence-corrected chi connectivity index (χ4v) is 3.28. The maximum absolute atomic E-state index is 12.0. The van der Waals surface area contributed by atoms with E-state index in [4.69, 9.17) is 14.2 Å². The van der Waals surface area contributed by atoms with Crippen LogP contribution in [-0.4, -0.2) is 36.4 Å². The maximum Gasteiger partial charge on any atom is 0.311 e. The molecule has 2 heterocycles. The lowest BCUT2D eigenvalue weighted by Crippen LogP contribution is -2.59. The summed E-state index contributed by atoms with van der Waals surface area (Å²) in [7, 11) is 0. The molecule has 0 aromatic heterocycles. The van der Waals surface area contributed by atoms with E-state index in [0.717, 1.165) is 0 Å². The van der Waals surface area contributed by atoms with Crippen molar-refractivity contribution < 1.29 is 23.8 Å². The smallest absolute Gasteiger partial charge is 0.311 e. The van der Waals surface area contributed by atoms with E-state index in [1.807, 2.05) is 27.7 Å². The van der Waals surface area contributed by atoms with E-state index in [1.165, 1.54) is 0 Å². The molecule has 0 saturated carbocycles. The maximum atomic E-state index is 12.0. The number of esters is 2. The first kappa shape index (κ1) is 15.3. The van der Waals surface area contributed by atoms with E-state index in [1.54, 1.807) is 6.92 Å². The number of fused-ring (bicyclic) bond motifs is 1. The van der Waals surface area contributed by atoms with Crippen molar-refractivity contribution in [2.24, 2.45) is 17.8 Å². The van der Waals surface area contributed by atoms with Gasteiger partial charge in [0.05, 0.1) is 30.7 Å². The predicted octanol–water partition coefficient (Wildman–Crippen LogP) is 1.93. The van der Waals surface area contributed by atoms with Crippen molar-refractivity contribution in [1.82, 2.24) is 0 Å². The lowest BCUT2D eigenvalue weighted by molar-refractivity contribution is -0.231. The van der Waals surface area contributed by atoms with Crippen LogP contribution in [0.4, 0.5) is 0 Å². The molecule has 0 unspecified atom stereocenters. The second-order valence-corrected chi connectivity index (χ2v) is 6.32. The van der Waals surface area contributed by atoms with Crippen LogP contribution in [0.1, 0.15) is 41.0 Å². The van der Waals surface area contributed by atoms with E-state index in [0.29, 0.717) is 13.0 Å². The summed E-state index contributed by atoms with van der Waals surface area (Å²) >= 11 is 0. The van der Waals surface area contributed by atoms with E-state index in [9.17, 15) is 9.59 Å². The molecule has 2 aliphatic rings. The number of rotatable bonds is 2. The molecule has 5 atom stereocenters. The zero-order valence-electron chi connectivity index (χ0n) is 12.8. The molecule has 0 radical (unpaired) electrons. The molecule has 0 bridgehead atoms. The molecule has 0 amide bonds. The molecule has 2 fully saturated rings. The van der Waals surface area contributed by atoms with Gasteiger partial charge in [0.1, 0.15) is 5.60 Å². The summed E-state index contributed by atoms with van der Waals surface area (Å²) < 4.78 is 16.6. The first-order valence-electron chi connectivity index (χ1n) is 7.33. The Morgan fingerprint density at radius 3 is 2.65 bits per heavy atom. The minimum Gasteiger partial charge on any atom is -0.466 e. The highest BCUT2D eigenvalue weighted by molar-refractivity contribution is 5.75. The summed E-state index contributed by atoms with van der Waals surface area (Å²) in [5.74, 6) is -1.02.